The molecule has 7 heteroatoms. The molecular weight excluding hydrogens is 386 g/mol. The molecule has 0 saturated heterocycles. The van der Waals surface area contributed by atoms with Gasteiger partial charge in [-0.15, -0.1) is 0 Å². The molecule has 25 heavy (non-hydrogen) atoms. The Bertz CT molecular complexity index is 865. The fourth-order valence-corrected chi connectivity index (χ4v) is 2.73. The molecule has 0 fully saturated rings. The topological polar surface area (TPSA) is 77.2 Å². The first kappa shape index (κ1) is 17.2. The van der Waals surface area contributed by atoms with Crippen molar-refractivity contribution in [3.63, 3.8) is 0 Å². The van der Waals surface area contributed by atoms with Gasteiger partial charge in [0.2, 0.25) is 11.7 Å². The minimum atomic E-state index is -0.271. The largest absolute Gasteiger partial charge is 0.483 e. The van der Waals surface area contributed by atoms with Crippen molar-refractivity contribution < 1.29 is 14.1 Å². The van der Waals surface area contributed by atoms with E-state index < -0.39 is 0 Å². The summed E-state index contributed by atoms with van der Waals surface area (Å²) in [5.41, 5.74) is 1.96. The van der Waals surface area contributed by atoms with Crippen LogP contribution in [0.5, 0.6) is 5.75 Å². The van der Waals surface area contributed by atoms with E-state index in [9.17, 15) is 4.79 Å². The number of aryl methyl sites for hydroxylation is 1. The Morgan fingerprint density at radius 3 is 2.80 bits per heavy atom. The summed E-state index contributed by atoms with van der Waals surface area (Å²) >= 11 is 3.41. The van der Waals surface area contributed by atoms with E-state index in [4.69, 9.17) is 9.26 Å². The Balaban J connectivity index is 1.50. The molecule has 0 radical (unpaired) electrons. The van der Waals surface area contributed by atoms with Gasteiger partial charge in [-0.25, -0.2) is 0 Å². The third-order valence-electron chi connectivity index (χ3n) is 3.38. The van der Waals surface area contributed by atoms with Gasteiger partial charge in [0.1, 0.15) is 5.75 Å². The molecule has 128 valence electrons. The lowest BCUT2D eigenvalue weighted by atomic mass is 10.2. The number of aromatic nitrogens is 2. The first-order valence-electron chi connectivity index (χ1n) is 7.65. The minimum Gasteiger partial charge on any atom is -0.483 e. The number of carbonyl (C=O) groups excluding carboxylic acids is 1. The Labute approximate surface area is 153 Å². The minimum absolute atomic E-state index is 0.0959. The van der Waals surface area contributed by atoms with Crippen LogP contribution >= 0.6 is 15.9 Å². The average molecular weight is 402 g/mol. The molecule has 6 nitrogen and oxygen atoms in total. The van der Waals surface area contributed by atoms with Crippen LogP contribution in [-0.4, -0.2) is 22.7 Å². The van der Waals surface area contributed by atoms with E-state index in [1.165, 1.54) is 0 Å². The van der Waals surface area contributed by atoms with Gasteiger partial charge in [-0.2, -0.15) is 4.98 Å². The molecule has 1 N–H and O–H groups in total. The number of nitrogens with one attached hydrogen (secondary N) is 1. The smallest absolute Gasteiger partial charge is 0.258 e. The molecule has 0 saturated carbocycles. The molecular formula is C18H16BrN3O3. The van der Waals surface area contributed by atoms with Crippen molar-refractivity contribution in [3.8, 4) is 17.1 Å². The molecule has 0 aliphatic rings. The molecule has 1 heterocycles. The number of halogens is 1. The van der Waals surface area contributed by atoms with Crippen molar-refractivity contribution in [2.75, 3.05) is 6.61 Å². The third-order valence-corrected chi connectivity index (χ3v) is 4.00. The standard InChI is InChI=1S/C18H16BrN3O3/c1-12-7-8-15(14(19)9-12)24-11-16(23)20-10-17-21-18(22-25-17)13-5-3-2-4-6-13/h2-9H,10-11H2,1H3,(H,20,23). The second-order valence-electron chi connectivity index (χ2n) is 5.38. The fourth-order valence-electron chi connectivity index (χ4n) is 2.12. The summed E-state index contributed by atoms with van der Waals surface area (Å²) in [6, 6.07) is 15.1. The van der Waals surface area contributed by atoms with Crippen LogP contribution < -0.4 is 10.1 Å². The van der Waals surface area contributed by atoms with Crippen molar-refractivity contribution in [1.82, 2.24) is 15.5 Å². The average Bonchev–Trinajstić information content (AvgIpc) is 3.09. The van der Waals surface area contributed by atoms with Gasteiger partial charge in [0.05, 0.1) is 11.0 Å². The van der Waals surface area contributed by atoms with Crippen LogP contribution in [0.3, 0.4) is 0 Å². The highest BCUT2D eigenvalue weighted by Crippen LogP contribution is 2.25. The first-order valence-corrected chi connectivity index (χ1v) is 8.45. The molecule has 0 aliphatic heterocycles. The zero-order valence-corrected chi connectivity index (χ0v) is 15.1. The normalized spacial score (nSPS) is 10.5. The van der Waals surface area contributed by atoms with Crippen LogP contribution in [0, 0.1) is 6.92 Å². The maximum Gasteiger partial charge on any atom is 0.258 e. The third kappa shape index (κ3) is 4.67. The molecule has 1 amide bonds. The second-order valence-corrected chi connectivity index (χ2v) is 6.23. The molecule has 3 rings (SSSR count). The fraction of sp³-hybridized carbons (Fsp3) is 0.167. The molecule has 1 aromatic heterocycles. The molecule has 2 aromatic carbocycles. The predicted molar refractivity (Wildman–Crippen MR) is 96.0 cm³/mol. The first-order chi connectivity index (χ1) is 12.1. The summed E-state index contributed by atoms with van der Waals surface area (Å²) in [5, 5.41) is 6.59. The Hall–Kier alpha value is -2.67. The van der Waals surface area contributed by atoms with Crippen LogP contribution in [0.2, 0.25) is 0 Å². The Kier molecular flexibility index (Phi) is 5.45. The maximum atomic E-state index is 11.9. The van der Waals surface area contributed by atoms with Crippen molar-refractivity contribution in [2.24, 2.45) is 0 Å². The second kappa shape index (κ2) is 7.94. The van der Waals surface area contributed by atoms with Crippen LogP contribution in [0.25, 0.3) is 11.4 Å². The number of benzene rings is 2. The highest BCUT2D eigenvalue weighted by atomic mass is 79.9. The highest BCUT2D eigenvalue weighted by molar-refractivity contribution is 9.10. The molecule has 0 atom stereocenters. The van der Waals surface area contributed by atoms with Crippen LogP contribution in [0.4, 0.5) is 0 Å². The number of nitrogens with zero attached hydrogens (tertiary/aromatic N) is 2. The van der Waals surface area contributed by atoms with Gasteiger partial charge in [-0.05, 0) is 40.5 Å². The van der Waals surface area contributed by atoms with Crippen molar-refractivity contribution in [2.45, 2.75) is 13.5 Å². The van der Waals surface area contributed by atoms with Gasteiger partial charge >= 0.3 is 0 Å². The van der Waals surface area contributed by atoms with Crippen LogP contribution in [0.1, 0.15) is 11.5 Å². The summed E-state index contributed by atoms with van der Waals surface area (Å²) in [7, 11) is 0. The predicted octanol–water partition coefficient (Wildman–Crippen LogP) is 3.50. The molecule has 3 aromatic rings. The molecule has 0 bridgehead atoms. The molecule has 0 unspecified atom stereocenters. The summed E-state index contributed by atoms with van der Waals surface area (Å²) in [6.07, 6.45) is 0. The van der Waals surface area contributed by atoms with Gasteiger partial charge in [-0.3, -0.25) is 4.79 Å². The van der Waals surface area contributed by atoms with E-state index in [2.05, 4.69) is 31.4 Å². The van der Waals surface area contributed by atoms with Gasteiger partial charge in [-0.1, -0.05) is 41.6 Å². The quantitative estimate of drug-likeness (QED) is 0.683. The van der Waals surface area contributed by atoms with Crippen LogP contribution in [0.15, 0.2) is 57.5 Å². The lowest BCUT2D eigenvalue weighted by Gasteiger charge is -2.08. The number of amides is 1. The van der Waals surface area contributed by atoms with E-state index in [0.29, 0.717) is 17.5 Å². The number of ether oxygens (including phenoxy) is 1. The Morgan fingerprint density at radius 2 is 2.04 bits per heavy atom. The van der Waals surface area contributed by atoms with Crippen molar-refractivity contribution in [1.29, 1.82) is 0 Å². The van der Waals surface area contributed by atoms with E-state index in [-0.39, 0.29) is 19.1 Å². The van der Waals surface area contributed by atoms with E-state index in [0.717, 1.165) is 15.6 Å². The van der Waals surface area contributed by atoms with E-state index in [1.807, 2.05) is 55.5 Å². The summed E-state index contributed by atoms with van der Waals surface area (Å²) in [5.74, 6) is 1.17. The van der Waals surface area contributed by atoms with E-state index >= 15 is 0 Å². The number of hydrogen-bond donors (Lipinski definition) is 1. The number of rotatable bonds is 6. The van der Waals surface area contributed by atoms with Gasteiger partial charge < -0.3 is 14.6 Å². The van der Waals surface area contributed by atoms with Gasteiger partial charge in [0.15, 0.2) is 6.61 Å². The summed E-state index contributed by atoms with van der Waals surface area (Å²) in [4.78, 5) is 16.2. The van der Waals surface area contributed by atoms with Gasteiger partial charge in [0.25, 0.3) is 5.91 Å². The SMILES string of the molecule is Cc1ccc(OCC(=O)NCc2nc(-c3ccccc3)no2)c(Br)c1. The van der Waals surface area contributed by atoms with Gasteiger partial charge in [0, 0.05) is 5.56 Å². The van der Waals surface area contributed by atoms with Crippen LogP contribution in [-0.2, 0) is 11.3 Å². The van der Waals surface area contributed by atoms with Crippen molar-refractivity contribution >= 4 is 21.8 Å². The molecule has 0 spiro atoms. The number of carbonyl (C=O) groups is 1. The zero-order chi connectivity index (χ0) is 17.6. The zero-order valence-electron chi connectivity index (χ0n) is 13.5. The monoisotopic (exact) mass is 401 g/mol. The lowest BCUT2D eigenvalue weighted by molar-refractivity contribution is -0.123. The summed E-state index contributed by atoms with van der Waals surface area (Å²) < 4.78 is 11.4. The van der Waals surface area contributed by atoms with E-state index in [1.54, 1.807) is 0 Å². The summed E-state index contributed by atoms with van der Waals surface area (Å²) in [6.45, 7) is 2.04. The Morgan fingerprint density at radius 1 is 1.24 bits per heavy atom. The van der Waals surface area contributed by atoms with Crippen molar-refractivity contribution in [3.05, 3.63) is 64.5 Å². The highest BCUT2D eigenvalue weighted by Gasteiger charge is 2.10. The maximum absolute atomic E-state index is 11.9. The number of hydrogen-bond acceptors (Lipinski definition) is 5. The molecule has 0 aliphatic carbocycles. The lowest BCUT2D eigenvalue weighted by Crippen LogP contribution is -2.28.